The van der Waals surface area contributed by atoms with Gasteiger partial charge in [-0.3, -0.25) is 9.59 Å². The summed E-state index contributed by atoms with van der Waals surface area (Å²) in [6.07, 6.45) is 4.05. The molecule has 2 fully saturated rings. The van der Waals surface area contributed by atoms with E-state index < -0.39 is 0 Å². The summed E-state index contributed by atoms with van der Waals surface area (Å²) in [5, 5.41) is 3.20. The predicted octanol–water partition coefficient (Wildman–Crippen LogP) is 1.72. The summed E-state index contributed by atoms with van der Waals surface area (Å²) < 4.78 is 4.91. The number of anilines is 1. The molecule has 164 valence electrons. The summed E-state index contributed by atoms with van der Waals surface area (Å²) >= 11 is 0. The molecule has 31 heavy (non-hydrogen) atoms. The molecule has 2 saturated heterocycles. The number of benzene rings is 1. The molecule has 2 aliphatic heterocycles. The number of piperidine rings is 1. The number of rotatable bonds is 6. The molecule has 2 aromatic rings. The van der Waals surface area contributed by atoms with Crippen LogP contribution in [0.25, 0.3) is 11.3 Å². The Morgan fingerprint density at radius 1 is 1.10 bits per heavy atom. The van der Waals surface area contributed by atoms with E-state index in [1.165, 1.54) is 7.11 Å². The number of nitrogens with one attached hydrogen (secondary N) is 1. The monoisotopic (exact) mass is 423 g/mol. The lowest BCUT2D eigenvalue weighted by Crippen LogP contribution is -2.46. The minimum Gasteiger partial charge on any atom is -0.375 e. The van der Waals surface area contributed by atoms with Gasteiger partial charge in [-0.05, 0) is 25.3 Å². The van der Waals surface area contributed by atoms with Gasteiger partial charge in [-0.25, -0.2) is 9.97 Å². The van der Waals surface area contributed by atoms with Crippen LogP contribution in [0.4, 0.5) is 5.95 Å². The Hall–Kier alpha value is -3.00. The number of methoxy groups -OCH3 is 1. The highest BCUT2D eigenvalue weighted by molar-refractivity contribution is 5.80. The van der Waals surface area contributed by atoms with E-state index in [1.54, 1.807) is 11.1 Å². The van der Waals surface area contributed by atoms with E-state index in [0.29, 0.717) is 38.4 Å². The number of aromatic nitrogens is 2. The average Bonchev–Trinajstić information content (AvgIpc) is 3.28. The third kappa shape index (κ3) is 5.19. The van der Waals surface area contributed by atoms with E-state index in [-0.39, 0.29) is 30.4 Å². The van der Waals surface area contributed by atoms with Gasteiger partial charge in [0.2, 0.25) is 17.8 Å². The maximum absolute atomic E-state index is 12.7. The molecule has 1 aromatic heterocycles. The third-order valence-electron chi connectivity index (χ3n) is 6.02. The summed E-state index contributed by atoms with van der Waals surface area (Å²) in [6.45, 7) is 2.83. The first kappa shape index (κ1) is 21.2. The van der Waals surface area contributed by atoms with Crippen LogP contribution >= 0.6 is 0 Å². The highest BCUT2D eigenvalue weighted by Gasteiger charge is 2.31. The molecule has 0 saturated carbocycles. The Morgan fingerprint density at radius 3 is 2.61 bits per heavy atom. The van der Waals surface area contributed by atoms with Crippen LogP contribution in [0.2, 0.25) is 0 Å². The molecule has 0 aliphatic carbocycles. The lowest BCUT2D eigenvalue weighted by atomic mass is 9.95. The number of likely N-dealkylation sites (tertiary alicyclic amines) is 1. The quantitative estimate of drug-likeness (QED) is 0.761. The van der Waals surface area contributed by atoms with Crippen molar-refractivity contribution in [2.24, 2.45) is 5.92 Å². The first-order valence-electron chi connectivity index (χ1n) is 10.8. The molecule has 2 amide bonds. The number of carbonyl (C=O) groups is 2. The number of ether oxygens (including phenoxy) is 1. The van der Waals surface area contributed by atoms with Gasteiger partial charge in [0.15, 0.2) is 0 Å². The molecule has 1 N–H and O–H groups in total. The van der Waals surface area contributed by atoms with Crippen LogP contribution in [0.5, 0.6) is 0 Å². The molecule has 0 spiro atoms. The van der Waals surface area contributed by atoms with E-state index in [9.17, 15) is 9.59 Å². The number of hydrogen-bond donors (Lipinski definition) is 1. The molecule has 4 rings (SSSR count). The van der Waals surface area contributed by atoms with E-state index in [1.807, 2.05) is 36.4 Å². The fraction of sp³-hybridized carbons (Fsp3) is 0.478. The second-order valence-electron chi connectivity index (χ2n) is 8.14. The second-order valence-corrected chi connectivity index (χ2v) is 8.14. The van der Waals surface area contributed by atoms with Crippen LogP contribution < -0.4 is 10.2 Å². The van der Waals surface area contributed by atoms with Crippen LogP contribution in [0.1, 0.15) is 19.3 Å². The number of carbonyl (C=O) groups excluding carboxylic acids is 2. The predicted molar refractivity (Wildman–Crippen MR) is 117 cm³/mol. The maximum atomic E-state index is 12.7. The van der Waals surface area contributed by atoms with Crippen molar-refractivity contribution in [2.45, 2.75) is 25.3 Å². The van der Waals surface area contributed by atoms with Gasteiger partial charge in [-0.1, -0.05) is 30.3 Å². The Labute approximate surface area is 182 Å². The zero-order chi connectivity index (χ0) is 21.6. The molecule has 8 heteroatoms. The molecule has 3 heterocycles. The van der Waals surface area contributed by atoms with Gasteiger partial charge in [0.1, 0.15) is 6.61 Å². The van der Waals surface area contributed by atoms with E-state index in [2.05, 4.69) is 15.2 Å². The molecule has 1 unspecified atom stereocenters. The van der Waals surface area contributed by atoms with E-state index >= 15 is 0 Å². The Morgan fingerprint density at radius 2 is 1.87 bits per heavy atom. The SMILES string of the molecule is COCC(=O)N1CCC(C(=O)NC2CCN(c3nccc(-c4ccccc4)n3)C2)CC1. The zero-order valence-corrected chi connectivity index (χ0v) is 17.9. The highest BCUT2D eigenvalue weighted by Crippen LogP contribution is 2.22. The van der Waals surface area contributed by atoms with Gasteiger partial charge < -0.3 is 19.9 Å². The average molecular weight is 424 g/mol. The number of nitrogens with zero attached hydrogens (tertiary/aromatic N) is 4. The van der Waals surface area contributed by atoms with Crippen molar-refractivity contribution >= 4 is 17.8 Å². The Bertz CT molecular complexity index is 899. The van der Waals surface area contributed by atoms with Crippen LogP contribution in [0.3, 0.4) is 0 Å². The van der Waals surface area contributed by atoms with Gasteiger partial charge in [0.05, 0.1) is 5.69 Å². The zero-order valence-electron chi connectivity index (χ0n) is 17.9. The molecule has 8 nitrogen and oxygen atoms in total. The number of amides is 2. The normalized spacial score (nSPS) is 19.5. The van der Waals surface area contributed by atoms with Gasteiger partial charge in [0.25, 0.3) is 0 Å². The minimum atomic E-state index is -0.0432. The second kappa shape index (κ2) is 9.87. The fourth-order valence-electron chi connectivity index (χ4n) is 4.26. The standard InChI is InChI=1S/C23H29N5O3/c1-31-16-21(29)27-12-8-18(9-13-27)22(30)25-19-10-14-28(15-19)23-24-11-7-20(26-23)17-5-3-2-4-6-17/h2-7,11,18-19H,8-10,12-16H2,1H3,(H,25,30). The fourth-order valence-corrected chi connectivity index (χ4v) is 4.26. The molecule has 2 aliphatic rings. The van der Waals surface area contributed by atoms with E-state index in [0.717, 1.165) is 24.2 Å². The van der Waals surface area contributed by atoms with Crippen molar-refractivity contribution in [1.82, 2.24) is 20.2 Å². The van der Waals surface area contributed by atoms with Crippen molar-refractivity contribution < 1.29 is 14.3 Å². The van der Waals surface area contributed by atoms with E-state index in [4.69, 9.17) is 9.72 Å². The lowest BCUT2D eigenvalue weighted by molar-refractivity contribution is -0.138. The lowest BCUT2D eigenvalue weighted by Gasteiger charge is -2.31. The topological polar surface area (TPSA) is 87.7 Å². The summed E-state index contributed by atoms with van der Waals surface area (Å²) in [5.74, 6) is 0.733. The van der Waals surface area contributed by atoms with Crippen LogP contribution in [0, 0.1) is 5.92 Å². The maximum Gasteiger partial charge on any atom is 0.248 e. The summed E-state index contributed by atoms with van der Waals surface area (Å²) in [5.41, 5.74) is 1.96. The minimum absolute atomic E-state index is 0.00877. The van der Waals surface area contributed by atoms with Crippen molar-refractivity contribution in [1.29, 1.82) is 0 Å². The molecule has 1 aromatic carbocycles. The molecule has 1 atom stereocenters. The van der Waals surface area contributed by atoms with Crippen molar-refractivity contribution in [3.05, 3.63) is 42.6 Å². The van der Waals surface area contributed by atoms with Gasteiger partial charge in [-0.15, -0.1) is 0 Å². The van der Waals surface area contributed by atoms with Crippen LogP contribution in [0.15, 0.2) is 42.6 Å². The smallest absolute Gasteiger partial charge is 0.248 e. The van der Waals surface area contributed by atoms with Crippen molar-refractivity contribution in [2.75, 3.05) is 44.8 Å². The Kier molecular flexibility index (Phi) is 6.76. The first-order valence-corrected chi connectivity index (χ1v) is 10.8. The van der Waals surface area contributed by atoms with Gasteiger partial charge >= 0.3 is 0 Å². The summed E-state index contributed by atoms with van der Waals surface area (Å²) in [4.78, 5) is 37.7. The number of hydrogen-bond acceptors (Lipinski definition) is 6. The van der Waals surface area contributed by atoms with Crippen LogP contribution in [-0.2, 0) is 14.3 Å². The first-order chi connectivity index (χ1) is 15.1. The van der Waals surface area contributed by atoms with Crippen LogP contribution in [-0.4, -0.2) is 72.6 Å². The largest absolute Gasteiger partial charge is 0.375 e. The third-order valence-corrected chi connectivity index (χ3v) is 6.02. The molecular formula is C23H29N5O3. The molecule has 0 radical (unpaired) electrons. The summed E-state index contributed by atoms with van der Waals surface area (Å²) in [7, 11) is 1.52. The molecular weight excluding hydrogens is 394 g/mol. The Balaban J connectivity index is 1.29. The molecule has 0 bridgehead atoms. The van der Waals surface area contributed by atoms with Crippen molar-refractivity contribution in [3.63, 3.8) is 0 Å². The van der Waals surface area contributed by atoms with Gasteiger partial charge in [-0.2, -0.15) is 0 Å². The highest BCUT2D eigenvalue weighted by atomic mass is 16.5. The van der Waals surface area contributed by atoms with Gasteiger partial charge in [0, 0.05) is 57.0 Å². The summed E-state index contributed by atoms with van der Waals surface area (Å²) in [6, 6.07) is 12.1. The van der Waals surface area contributed by atoms with Crippen molar-refractivity contribution in [3.8, 4) is 11.3 Å².